The molecule has 1 saturated heterocycles. The molecule has 5 nitrogen and oxygen atoms in total. The van der Waals surface area contributed by atoms with Gasteiger partial charge in [0.1, 0.15) is 11.6 Å². The predicted molar refractivity (Wildman–Crippen MR) is 92.6 cm³/mol. The van der Waals surface area contributed by atoms with E-state index < -0.39 is 11.6 Å². The lowest BCUT2D eigenvalue weighted by Crippen LogP contribution is -2.53. The second kappa shape index (κ2) is 8.34. The molecule has 0 radical (unpaired) electrons. The molecule has 1 aliphatic heterocycles. The lowest BCUT2D eigenvalue weighted by Gasteiger charge is -2.35. The minimum absolute atomic E-state index is 0.0123. The third kappa shape index (κ3) is 5.64. The third-order valence-electron chi connectivity index (χ3n) is 4.07. The van der Waals surface area contributed by atoms with E-state index in [0.29, 0.717) is 12.4 Å². The van der Waals surface area contributed by atoms with Crippen LogP contribution in [0, 0.1) is 5.92 Å². The molecule has 0 N–H and O–H groups in total. The number of amides is 1. The van der Waals surface area contributed by atoms with Gasteiger partial charge < -0.3 is 9.64 Å². The van der Waals surface area contributed by atoms with Gasteiger partial charge in [0.15, 0.2) is 0 Å². The van der Waals surface area contributed by atoms with E-state index >= 15 is 0 Å². The number of carbonyl (C=O) groups excluding carboxylic acids is 2. The number of ether oxygens (including phenoxy) is 1. The molecule has 1 fully saturated rings. The fourth-order valence-corrected chi connectivity index (χ4v) is 3.31. The van der Waals surface area contributed by atoms with Crippen molar-refractivity contribution in [2.24, 2.45) is 5.92 Å². The normalized spacial score (nSPS) is 20.6. The highest BCUT2D eigenvalue weighted by molar-refractivity contribution is 6.18. The highest BCUT2D eigenvalue weighted by Gasteiger charge is 2.39. The van der Waals surface area contributed by atoms with Crippen molar-refractivity contribution in [2.75, 3.05) is 26.0 Å². The second-order valence-corrected chi connectivity index (χ2v) is 7.93. The Morgan fingerprint density at radius 3 is 2.43 bits per heavy atom. The molecule has 6 heteroatoms. The van der Waals surface area contributed by atoms with E-state index in [1.54, 1.807) is 11.9 Å². The van der Waals surface area contributed by atoms with Crippen molar-refractivity contribution in [1.82, 2.24) is 9.80 Å². The van der Waals surface area contributed by atoms with Gasteiger partial charge in [-0.15, -0.1) is 11.6 Å². The maximum atomic E-state index is 12.9. The first kappa shape index (κ1) is 20.2. The molecule has 0 bridgehead atoms. The summed E-state index contributed by atoms with van der Waals surface area (Å²) in [4.78, 5) is 29.1. The van der Waals surface area contributed by atoms with Gasteiger partial charge in [-0.05, 0) is 46.1 Å². The van der Waals surface area contributed by atoms with E-state index in [9.17, 15) is 9.59 Å². The Balaban J connectivity index is 2.86. The van der Waals surface area contributed by atoms with Crippen LogP contribution in [0.5, 0.6) is 0 Å². The Morgan fingerprint density at radius 1 is 1.35 bits per heavy atom. The summed E-state index contributed by atoms with van der Waals surface area (Å²) in [6.45, 7) is 11.0. The molecule has 0 aliphatic carbocycles. The standard InChI is InChI=1S/C17H31ClN2O3/c1-12(2)14(16(22)23-17(3,4)5)19(6)15(21)13-8-7-10-20(13)11-9-18/h12-14H,7-11H2,1-6H3/t13-,14+/m1/s1. The first-order valence-corrected chi connectivity index (χ1v) is 8.91. The fourth-order valence-electron chi connectivity index (χ4n) is 3.09. The van der Waals surface area contributed by atoms with Gasteiger partial charge in [-0.1, -0.05) is 13.8 Å². The van der Waals surface area contributed by atoms with Crippen LogP contribution in [-0.4, -0.2) is 65.4 Å². The summed E-state index contributed by atoms with van der Waals surface area (Å²) in [5, 5.41) is 0. The molecule has 1 rings (SSSR count). The molecular formula is C17H31ClN2O3. The van der Waals surface area contributed by atoms with Gasteiger partial charge in [0.25, 0.3) is 0 Å². The average Bonchev–Trinajstić information content (AvgIpc) is 2.83. The zero-order chi connectivity index (χ0) is 17.8. The number of carbonyl (C=O) groups is 2. The minimum atomic E-state index is -0.569. The van der Waals surface area contributed by atoms with Crippen LogP contribution in [0.2, 0.25) is 0 Å². The van der Waals surface area contributed by atoms with E-state index in [4.69, 9.17) is 16.3 Å². The number of alkyl halides is 1. The molecule has 0 aromatic heterocycles. The van der Waals surface area contributed by atoms with Crippen LogP contribution in [-0.2, 0) is 14.3 Å². The lowest BCUT2D eigenvalue weighted by atomic mass is 10.0. The lowest BCUT2D eigenvalue weighted by molar-refractivity contribution is -0.166. The molecule has 0 aromatic carbocycles. The fraction of sp³-hybridized carbons (Fsp3) is 0.882. The molecule has 0 spiro atoms. The number of hydrogen-bond donors (Lipinski definition) is 0. The maximum Gasteiger partial charge on any atom is 0.329 e. The molecular weight excluding hydrogens is 316 g/mol. The van der Waals surface area contributed by atoms with E-state index in [-0.39, 0.29) is 23.8 Å². The quantitative estimate of drug-likeness (QED) is 0.547. The van der Waals surface area contributed by atoms with Crippen molar-refractivity contribution < 1.29 is 14.3 Å². The summed E-state index contributed by atoms with van der Waals surface area (Å²) in [5.41, 5.74) is -0.563. The van der Waals surface area contributed by atoms with E-state index in [1.807, 2.05) is 34.6 Å². The molecule has 23 heavy (non-hydrogen) atoms. The largest absolute Gasteiger partial charge is 0.458 e. The number of esters is 1. The molecule has 1 heterocycles. The summed E-state index contributed by atoms with van der Waals surface area (Å²) in [6.07, 6.45) is 1.80. The number of nitrogens with zero attached hydrogens (tertiary/aromatic N) is 2. The SMILES string of the molecule is CC(C)[C@@H](C(=O)OC(C)(C)C)N(C)C(=O)[C@H]1CCCN1CCCl. The zero-order valence-corrected chi connectivity index (χ0v) is 16.0. The first-order chi connectivity index (χ1) is 10.6. The first-order valence-electron chi connectivity index (χ1n) is 8.38. The third-order valence-corrected chi connectivity index (χ3v) is 4.23. The molecule has 2 atom stereocenters. The summed E-state index contributed by atoms with van der Waals surface area (Å²) >= 11 is 5.83. The van der Waals surface area contributed by atoms with Crippen LogP contribution in [0.15, 0.2) is 0 Å². The maximum absolute atomic E-state index is 12.9. The Labute approximate surface area is 145 Å². The van der Waals surface area contributed by atoms with E-state index in [1.165, 1.54) is 0 Å². The number of halogens is 1. The van der Waals surface area contributed by atoms with Crippen molar-refractivity contribution in [3.05, 3.63) is 0 Å². The van der Waals surface area contributed by atoms with E-state index in [0.717, 1.165) is 19.4 Å². The molecule has 0 unspecified atom stereocenters. The van der Waals surface area contributed by atoms with Crippen molar-refractivity contribution in [3.8, 4) is 0 Å². The van der Waals surface area contributed by atoms with Crippen molar-refractivity contribution in [3.63, 3.8) is 0 Å². The van der Waals surface area contributed by atoms with Crippen LogP contribution in [0.1, 0.15) is 47.5 Å². The number of likely N-dealkylation sites (tertiary alicyclic amines) is 1. The summed E-state index contributed by atoms with van der Waals surface area (Å²) < 4.78 is 5.50. The smallest absolute Gasteiger partial charge is 0.329 e. The molecule has 134 valence electrons. The van der Waals surface area contributed by atoms with Gasteiger partial charge in [-0.2, -0.15) is 0 Å². The Kier molecular flexibility index (Phi) is 7.33. The van der Waals surface area contributed by atoms with Crippen LogP contribution in [0.25, 0.3) is 0 Å². The Bertz CT molecular complexity index is 421. The van der Waals surface area contributed by atoms with Crippen LogP contribution in [0.3, 0.4) is 0 Å². The molecule has 0 aromatic rings. The molecule has 1 aliphatic rings. The van der Waals surface area contributed by atoms with Gasteiger partial charge in [0.05, 0.1) is 6.04 Å². The predicted octanol–water partition coefficient (Wildman–Crippen LogP) is 2.51. The monoisotopic (exact) mass is 346 g/mol. The minimum Gasteiger partial charge on any atom is -0.458 e. The van der Waals surface area contributed by atoms with Crippen LogP contribution in [0.4, 0.5) is 0 Å². The van der Waals surface area contributed by atoms with Gasteiger partial charge in [0, 0.05) is 19.5 Å². The number of rotatable bonds is 6. The average molecular weight is 347 g/mol. The van der Waals surface area contributed by atoms with Gasteiger partial charge in [0.2, 0.25) is 5.91 Å². The van der Waals surface area contributed by atoms with Crippen LogP contribution >= 0.6 is 11.6 Å². The van der Waals surface area contributed by atoms with Gasteiger partial charge in [-0.3, -0.25) is 9.69 Å². The Hall–Kier alpha value is -0.810. The highest BCUT2D eigenvalue weighted by Crippen LogP contribution is 2.22. The topological polar surface area (TPSA) is 49.9 Å². The van der Waals surface area contributed by atoms with E-state index in [2.05, 4.69) is 4.90 Å². The van der Waals surface area contributed by atoms with Crippen molar-refractivity contribution in [1.29, 1.82) is 0 Å². The number of likely N-dealkylation sites (N-methyl/N-ethyl adjacent to an activating group) is 1. The number of hydrogen-bond acceptors (Lipinski definition) is 4. The summed E-state index contributed by atoms with van der Waals surface area (Å²) in [6, 6.07) is -0.748. The van der Waals surface area contributed by atoms with Crippen LogP contribution < -0.4 is 0 Å². The van der Waals surface area contributed by atoms with Gasteiger partial charge >= 0.3 is 5.97 Å². The van der Waals surface area contributed by atoms with Gasteiger partial charge in [-0.25, -0.2) is 4.79 Å². The van der Waals surface area contributed by atoms with Crippen molar-refractivity contribution in [2.45, 2.75) is 65.1 Å². The summed E-state index contributed by atoms with van der Waals surface area (Å²) in [7, 11) is 1.70. The second-order valence-electron chi connectivity index (χ2n) is 7.55. The zero-order valence-electron chi connectivity index (χ0n) is 15.3. The Morgan fingerprint density at radius 2 is 1.96 bits per heavy atom. The highest BCUT2D eigenvalue weighted by atomic mass is 35.5. The molecule has 0 saturated carbocycles. The van der Waals surface area contributed by atoms with Crippen molar-refractivity contribution >= 4 is 23.5 Å². The molecule has 1 amide bonds. The summed E-state index contributed by atoms with van der Waals surface area (Å²) in [5.74, 6) is 0.136.